The van der Waals surface area contributed by atoms with Crippen LogP contribution in [0.1, 0.15) is 24.8 Å². The lowest BCUT2D eigenvalue weighted by atomic mass is 10.1. The number of benzene rings is 2. The Bertz CT molecular complexity index is 691. The predicted molar refractivity (Wildman–Crippen MR) is 84.0 cm³/mol. The number of rotatable bonds is 3. The summed E-state index contributed by atoms with van der Waals surface area (Å²) < 4.78 is 5.77. The Labute approximate surface area is 129 Å². The van der Waals surface area contributed by atoms with Gasteiger partial charge in [0.15, 0.2) is 0 Å². The summed E-state index contributed by atoms with van der Waals surface area (Å²) in [6.07, 6.45) is 1.49. The molecule has 1 heterocycles. The minimum Gasteiger partial charge on any atom is -0.457 e. The highest BCUT2D eigenvalue weighted by molar-refractivity contribution is 6.16. The Balaban J connectivity index is 1.78. The summed E-state index contributed by atoms with van der Waals surface area (Å²) in [5, 5.41) is 0. The number of imide groups is 1. The van der Waals surface area contributed by atoms with E-state index < -0.39 is 0 Å². The van der Waals surface area contributed by atoms with Gasteiger partial charge < -0.3 is 4.74 Å². The number of carbonyl (C=O) groups is 2. The summed E-state index contributed by atoms with van der Waals surface area (Å²) in [5.74, 6) is 1.16. The monoisotopic (exact) mass is 295 g/mol. The molecule has 1 aliphatic rings. The van der Waals surface area contributed by atoms with Gasteiger partial charge >= 0.3 is 0 Å². The van der Waals surface area contributed by atoms with Gasteiger partial charge in [0.1, 0.15) is 11.5 Å². The maximum absolute atomic E-state index is 11.9. The molecule has 4 heteroatoms. The van der Waals surface area contributed by atoms with Crippen LogP contribution in [0.5, 0.6) is 11.5 Å². The van der Waals surface area contributed by atoms with Crippen molar-refractivity contribution in [2.24, 2.45) is 0 Å². The average molecular weight is 295 g/mol. The van der Waals surface area contributed by atoms with Crippen LogP contribution in [0.3, 0.4) is 0 Å². The van der Waals surface area contributed by atoms with Crippen molar-refractivity contribution in [3.63, 3.8) is 0 Å². The van der Waals surface area contributed by atoms with Crippen LogP contribution in [-0.4, -0.2) is 11.8 Å². The molecule has 1 aliphatic heterocycles. The zero-order chi connectivity index (χ0) is 15.5. The summed E-state index contributed by atoms with van der Waals surface area (Å²) in [6.45, 7) is 2.00. The molecule has 0 spiro atoms. The van der Waals surface area contributed by atoms with E-state index in [1.54, 1.807) is 24.3 Å². The molecule has 112 valence electrons. The topological polar surface area (TPSA) is 46.6 Å². The Morgan fingerprint density at radius 2 is 1.59 bits per heavy atom. The Kier molecular flexibility index (Phi) is 3.92. The quantitative estimate of drug-likeness (QED) is 0.808. The number of aryl methyl sites for hydroxylation is 1. The van der Waals surface area contributed by atoms with E-state index in [4.69, 9.17) is 4.74 Å². The zero-order valence-corrected chi connectivity index (χ0v) is 12.4. The zero-order valence-electron chi connectivity index (χ0n) is 12.4. The fraction of sp³-hybridized carbons (Fsp3) is 0.222. The SMILES string of the molecule is Cc1cccc(Oc2ccc(N3C(=O)CCCC3=O)cc2)c1. The van der Waals surface area contributed by atoms with Crippen molar-refractivity contribution in [3.05, 3.63) is 54.1 Å². The van der Waals surface area contributed by atoms with Gasteiger partial charge in [0.25, 0.3) is 0 Å². The van der Waals surface area contributed by atoms with Crippen molar-refractivity contribution in [1.82, 2.24) is 0 Å². The maximum atomic E-state index is 11.9. The Morgan fingerprint density at radius 1 is 0.909 bits per heavy atom. The van der Waals surface area contributed by atoms with Crippen LogP contribution in [0.4, 0.5) is 5.69 Å². The third-order valence-electron chi connectivity index (χ3n) is 3.60. The van der Waals surface area contributed by atoms with E-state index in [2.05, 4.69) is 0 Å². The molecule has 22 heavy (non-hydrogen) atoms. The standard InChI is InChI=1S/C18H17NO3/c1-13-4-2-5-16(12-13)22-15-10-8-14(9-11-15)19-17(20)6-3-7-18(19)21/h2,4-5,8-12H,3,6-7H2,1H3. The van der Waals surface area contributed by atoms with E-state index in [1.165, 1.54) is 4.90 Å². The molecule has 0 radical (unpaired) electrons. The van der Waals surface area contributed by atoms with Crippen molar-refractivity contribution >= 4 is 17.5 Å². The largest absolute Gasteiger partial charge is 0.457 e. The third-order valence-corrected chi connectivity index (χ3v) is 3.60. The van der Waals surface area contributed by atoms with E-state index in [9.17, 15) is 9.59 Å². The van der Waals surface area contributed by atoms with E-state index in [-0.39, 0.29) is 11.8 Å². The molecule has 0 N–H and O–H groups in total. The molecule has 2 aromatic rings. The Morgan fingerprint density at radius 3 is 2.23 bits per heavy atom. The summed E-state index contributed by atoms with van der Waals surface area (Å²) in [7, 11) is 0. The molecule has 0 unspecified atom stereocenters. The third kappa shape index (κ3) is 3.01. The van der Waals surface area contributed by atoms with Crippen LogP contribution in [-0.2, 0) is 9.59 Å². The number of nitrogens with zero attached hydrogens (tertiary/aromatic N) is 1. The van der Waals surface area contributed by atoms with Gasteiger partial charge in [-0.15, -0.1) is 0 Å². The summed E-state index contributed by atoms with van der Waals surface area (Å²) in [4.78, 5) is 25.0. The molecular formula is C18H17NO3. The lowest BCUT2D eigenvalue weighted by molar-refractivity contribution is -0.129. The highest BCUT2D eigenvalue weighted by Crippen LogP contribution is 2.27. The normalized spacial score (nSPS) is 15.0. The van der Waals surface area contributed by atoms with Gasteiger partial charge in [-0.05, 0) is 55.3 Å². The molecule has 0 atom stereocenters. The molecule has 4 nitrogen and oxygen atoms in total. The van der Waals surface area contributed by atoms with Crippen molar-refractivity contribution in [2.45, 2.75) is 26.2 Å². The van der Waals surface area contributed by atoms with E-state index in [1.807, 2.05) is 31.2 Å². The molecule has 0 aliphatic carbocycles. The van der Waals surface area contributed by atoms with E-state index in [0.717, 1.165) is 11.3 Å². The number of amides is 2. The van der Waals surface area contributed by atoms with Crippen LogP contribution in [0.2, 0.25) is 0 Å². The minimum atomic E-state index is -0.136. The first-order valence-corrected chi connectivity index (χ1v) is 7.34. The van der Waals surface area contributed by atoms with E-state index >= 15 is 0 Å². The van der Waals surface area contributed by atoms with Crippen molar-refractivity contribution < 1.29 is 14.3 Å². The van der Waals surface area contributed by atoms with Gasteiger partial charge in [0.05, 0.1) is 5.69 Å². The Hall–Kier alpha value is -2.62. The van der Waals surface area contributed by atoms with E-state index in [0.29, 0.717) is 30.7 Å². The van der Waals surface area contributed by atoms with Crippen molar-refractivity contribution in [2.75, 3.05) is 4.90 Å². The van der Waals surface area contributed by atoms with Gasteiger partial charge in [-0.3, -0.25) is 14.5 Å². The summed E-state index contributed by atoms with van der Waals surface area (Å²) in [5.41, 5.74) is 1.73. The first kappa shape index (κ1) is 14.3. The molecule has 2 amide bonds. The molecule has 2 aromatic carbocycles. The minimum absolute atomic E-state index is 0.136. The highest BCUT2D eigenvalue weighted by Gasteiger charge is 2.27. The number of anilines is 1. The second-order valence-corrected chi connectivity index (χ2v) is 5.39. The smallest absolute Gasteiger partial charge is 0.233 e. The maximum Gasteiger partial charge on any atom is 0.233 e. The first-order chi connectivity index (χ1) is 10.6. The molecule has 0 bridgehead atoms. The van der Waals surface area contributed by atoms with Gasteiger partial charge in [-0.1, -0.05) is 12.1 Å². The van der Waals surface area contributed by atoms with Crippen LogP contribution < -0.4 is 9.64 Å². The molecule has 0 aromatic heterocycles. The molecular weight excluding hydrogens is 278 g/mol. The number of hydrogen-bond donors (Lipinski definition) is 0. The van der Waals surface area contributed by atoms with Crippen LogP contribution in [0, 0.1) is 6.92 Å². The molecule has 1 fully saturated rings. The predicted octanol–water partition coefficient (Wildman–Crippen LogP) is 3.83. The second kappa shape index (κ2) is 6.02. The van der Waals surface area contributed by atoms with Crippen LogP contribution in [0.15, 0.2) is 48.5 Å². The molecule has 1 saturated heterocycles. The fourth-order valence-corrected chi connectivity index (χ4v) is 2.52. The highest BCUT2D eigenvalue weighted by atomic mass is 16.5. The van der Waals surface area contributed by atoms with Crippen molar-refractivity contribution in [3.8, 4) is 11.5 Å². The first-order valence-electron chi connectivity index (χ1n) is 7.34. The number of hydrogen-bond acceptors (Lipinski definition) is 3. The van der Waals surface area contributed by atoms with Crippen LogP contribution in [0.25, 0.3) is 0 Å². The second-order valence-electron chi connectivity index (χ2n) is 5.39. The summed E-state index contributed by atoms with van der Waals surface area (Å²) >= 11 is 0. The van der Waals surface area contributed by atoms with Gasteiger partial charge in [-0.25, -0.2) is 0 Å². The molecule has 3 rings (SSSR count). The lowest BCUT2D eigenvalue weighted by Crippen LogP contribution is -2.40. The number of carbonyl (C=O) groups excluding carboxylic acids is 2. The number of piperidine rings is 1. The van der Waals surface area contributed by atoms with Gasteiger partial charge in [-0.2, -0.15) is 0 Å². The van der Waals surface area contributed by atoms with Crippen LogP contribution >= 0.6 is 0 Å². The van der Waals surface area contributed by atoms with Gasteiger partial charge in [0.2, 0.25) is 11.8 Å². The fourth-order valence-electron chi connectivity index (χ4n) is 2.52. The summed E-state index contributed by atoms with van der Waals surface area (Å²) in [6, 6.07) is 14.8. The molecule has 0 saturated carbocycles. The number of ether oxygens (including phenoxy) is 1. The van der Waals surface area contributed by atoms with Crippen molar-refractivity contribution in [1.29, 1.82) is 0 Å². The van der Waals surface area contributed by atoms with Gasteiger partial charge in [0, 0.05) is 12.8 Å². The lowest BCUT2D eigenvalue weighted by Gasteiger charge is -2.24. The average Bonchev–Trinajstić information content (AvgIpc) is 2.49.